The third kappa shape index (κ3) is 6.91. The van der Waals surface area contributed by atoms with E-state index in [1.807, 2.05) is 63.2 Å². The van der Waals surface area contributed by atoms with Crippen LogP contribution in [0.3, 0.4) is 0 Å². The number of carbonyl (C=O) groups excluding carboxylic acids is 1. The zero-order valence-electron chi connectivity index (χ0n) is 18.9. The monoisotopic (exact) mass is 435 g/mol. The molecule has 1 aromatic heterocycles. The van der Waals surface area contributed by atoms with E-state index < -0.39 is 0 Å². The van der Waals surface area contributed by atoms with Crippen LogP contribution in [0.4, 0.5) is 4.39 Å². The van der Waals surface area contributed by atoms with Gasteiger partial charge in [0.1, 0.15) is 17.3 Å². The van der Waals surface area contributed by atoms with Crippen LogP contribution in [0.15, 0.2) is 60.7 Å². The summed E-state index contributed by atoms with van der Waals surface area (Å²) in [6.45, 7) is 7.00. The number of ether oxygens (including phenoxy) is 2. The van der Waals surface area contributed by atoms with Gasteiger partial charge in [0.25, 0.3) is 0 Å². The summed E-state index contributed by atoms with van der Waals surface area (Å²) in [6.07, 6.45) is 0.968. The molecule has 0 bridgehead atoms. The van der Waals surface area contributed by atoms with Crippen molar-refractivity contribution in [2.24, 2.45) is 5.92 Å². The van der Waals surface area contributed by atoms with Crippen LogP contribution >= 0.6 is 0 Å². The fourth-order valence-electron chi connectivity index (χ4n) is 3.35. The molecule has 0 spiro atoms. The van der Waals surface area contributed by atoms with Crippen molar-refractivity contribution in [2.75, 3.05) is 13.2 Å². The summed E-state index contributed by atoms with van der Waals surface area (Å²) in [5.41, 5.74) is 3.33. The molecular weight excluding hydrogens is 405 g/mol. The molecule has 0 amide bonds. The number of rotatable bonds is 11. The van der Waals surface area contributed by atoms with Gasteiger partial charge < -0.3 is 9.47 Å². The molecule has 0 fully saturated rings. The number of nitrogens with zero attached hydrogens (tertiary/aromatic N) is 1. The van der Waals surface area contributed by atoms with Crippen LogP contribution in [0.5, 0.6) is 11.6 Å². The predicted molar refractivity (Wildman–Crippen MR) is 125 cm³/mol. The molecule has 2 aromatic carbocycles. The fourth-order valence-corrected chi connectivity index (χ4v) is 3.35. The van der Waals surface area contributed by atoms with Gasteiger partial charge in [0, 0.05) is 24.5 Å². The van der Waals surface area contributed by atoms with Crippen LogP contribution in [-0.2, 0) is 17.6 Å². The summed E-state index contributed by atoms with van der Waals surface area (Å²) in [7, 11) is 0. The number of ketones is 1. The van der Waals surface area contributed by atoms with Gasteiger partial charge in [-0.05, 0) is 54.7 Å². The van der Waals surface area contributed by atoms with Gasteiger partial charge in [-0.2, -0.15) is 0 Å². The van der Waals surface area contributed by atoms with Crippen molar-refractivity contribution >= 4 is 5.78 Å². The van der Waals surface area contributed by atoms with E-state index in [-0.39, 0.29) is 18.0 Å². The largest absolute Gasteiger partial charge is 0.493 e. The van der Waals surface area contributed by atoms with E-state index in [1.54, 1.807) is 6.07 Å². The van der Waals surface area contributed by atoms with Crippen LogP contribution in [0.1, 0.15) is 38.4 Å². The molecule has 5 heteroatoms. The van der Waals surface area contributed by atoms with Gasteiger partial charge in [0.15, 0.2) is 0 Å². The molecule has 0 radical (unpaired) electrons. The summed E-state index contributed by atoms with van der Waals surface area (Å²) in [6, 6.07) is 18.3. The maximum atomic E-state index is 13.9. The highest BCUT2D eigenvalue weighted by molar-refractivity contribution is 5.81. The molecular formula is C27H30FNO3. The molecule has 4 nitrogen and oxygen atoms in total. The standard InChI is InChI=1S/C27H30FNO3/c1-4-31-27-26(21-8-6-5-7-9-21)13-11-23(29-27)17-24(30)12-10-20-14-22(28)16-25(15-20)32-18-19(2)3/h5-9,11,13-16,19H,4,10,12,17-18H2,1-3H3. The minimum Gasteiger partial charge on any atom is -0.493 e. The number of carbonyl (C=O) groups is 1. The first-order valence-electron chi connectivity index (χ1n) is 11.1. The number of benzene rings is 2. The number of halogens is 1. The van der Waals surface area contributed by atoms with E-state index in [1.165, 1.54) is 12.1 Å². The molecule has 3 aromatic rings. The van der Waals surface area contributed by atoms with Crippen LogP contribution in [0, 0.1) is 11.7 Å². The van der Waals surface area contributed by atoms with Crippen LogP contribution < -0.4 is 9.47 Å². The molecule has 0 saturated carbocycles. The van der Waals surface area contributed by atoms with Crippen molar-refractivity contribution in [1.82, 2.24) is 4.98 Å². The highest BCUT2D eigenvalue weighted by Gasteiger charge is 2.12. The number of hydrogen-bond acceptors (Lipinski definition) is 4. The van der Waals surface area contributed by atoms with Crippen molar-refractivity contribution in [3.05, 3.63) is 77.7 Å². The van der Waals surface area contributed by atoms with Crippen molar-refractivity contribution in [3.8, 4) is 22.8 Å². The van der Waals surface area contributed by atoms with Crippen LogP contribution in [0.2, 0.25) is 0 Å². The first-order valence-corrected chi connectivity index (χ1v) is 11.1. The highest BCUT2D eigenvalue weighted by Crippen LogP contribution is 2.28. The van der Waals surface area contributed by atoms with Gasteiger partial charge >= 0.3 is 0 Å². The summed E-state index contributed by atoms with van der Waals surface area (Å²) < 4.78 is 25.3. The van der Waals surface area contributed by atoms with E-state index in [4.69, 9.17) is 9.47 Å². The van der Waals surface area contributed by atoms with E-state index in [9.17, 15) is 9.18 Å². The molecule has 0 aliphatic rings. The van der Waals surface area contributed by atoms with Gasteiger partial charge in [-0.15, -0.1) is 0 Å². The minimum atomic E-state index is -0.353. The first kappa shape index (κ1) is 23.5. The van der Waals surface area contributed by atoms with E-state index in [0.717, 1.165) is 16.7 Å². The Labute approximate surface area is 189 Å². The fraction of sp³-hybridized carbons (Fsp3) is 0.333. The Morgan fingerprint density at radius 1 is 1.03 bits per heavy atom. The lowest BCUT2D eigenvalue weighted by molar-refractivity contribution is -0.118. The van der Waals surface area contributed by atoms with Gasteiger partial charge in [-0.25, -0.2) is 9.37 Å². The SMILES string of the molecule is CCOc1nc(CC(=O)CCc2cc(F)cc(OCC(C)C)c2)ccc1-c1ccccc1. The quantitative estimate of drug-likeness (QED) is 0.367. The van der Waals surface area contributed by atoms with Crippen molar-refractivity contribution in [2.45, 2.75) is 40.0 Å². The number of aromatic nitrogens is 1. The Bertz CT molecular complexity index is 1030. The summed E-state index contributed by atoms with van der Waals surface area (Å²) in [5.74, 6) is 1.07. The van der Waals surface area contributed by atoms with E-state index in [0.29, 0.717) is 49.3 Å². The second kappa shape index (κ2) is 11.4. The van der Waals surface area contributed by atoms with Gasteiger partial charge in [-0.1, -0.05) is 44.2 Å². The van der Waals surface area contributed by atoms with Gasteiger partial charge in [0.05, 0.1) is 18.9 Å². The summed E-state index contributed by atoms with van der Waals surface area (Å²) in [4.78, 5) is 17.2. The lowest BCUT2D eigenvalue weighted by atomic mass is 10.0. The van der Waals surface area contributed by atoms with Crippen molar-refractivity contribution in [1.29, 1.82) is 0 Å². The number of hydrogen-bond donors (Lipinski definition) is 0. The van der Waals surface area contributed by atoms with E-state index >= 15 is 0 Å². The maximum Gasteiger partial charge on any atom is 0.221 e. The van der Waals surface area contributed by atoms with Crippen LogP contribution in [-0.4, -0.2) is 24.0 Å². The second-order valence-electron chi connectivity index (χ2n) is 8.17. The third-order valence-electron chi connectivity index (χ3n) is 4.87. The minimum absolute atomic E-state index is 0.0429. The average Bonchev–Trinajstić information content (AvgIpc) is 2.77. The lowest BCUT2D eigenvalue weighted by Gasteiger charge is -2.12. The Morgan fingerprint density at radius 3 is 2.53 bits per heavy atom. The molecule has 0 atom stereocenters. The Balaban J connectivity index is 1.64. The molecule has 1 heterocycles. The average molecular weight is 436 g/mol. The normalized spacial score (nSPS) is 10.9. The Morgan fingerprint density at radius 2 is 1.81 bits per heavy atom. The summed E-state index contributed by atoms with van der Waals surface area (Å²) >= 11 is 0. The summed E-state index contributed by atoms with van der Waals surface area (Å²) in [5, 5.41) is 0. The zero-order valence-corrected chi connectivity index (χ0v) is 18.9. The zero-order chi connectivity index (χ0) is 22.9. The molecule has 3 rings (SSSR count). The predicted octanol–water partition coefficient (Wildman–Crippen LogP) is 6.07. The molecule has 0 aliphatic carbocycles. The second-order valence-corrected chi connectivity index (χ2v) is 8.17. The lowest BCUT2D eigenvalue weighted by Crippen LogP contribution is -2.08. The van der Waals surface area contributed by atoms with Crippen LogP contribution in [0.25, 0.3) is 11.1 Å². The molecule has 0 N–H and O–H groups in total. The molecule has 0 saturated heterocycles. The van der Waals surface area contributed by atoms with Crippen molar-refractivity contribution in [3.63, 3.8) is 0 Å². The number of Topliss-reactive ketones (excluding diaryl/α,β-unsaturated/α-hetero) is 1. The van der Waals surface area contributed by atoms with Gasteiger partial charge in [-0.3, -0.25) is 4.79 Å². The van der Waals surface area contributed by atoms with E-state index in [2.05, 4.69) is 4.98 Å². The maximum absolute atomic E-state index is 13.9. The Hall–Kier alpha value is -3.21. The molecule has 0 aliphatic heterocycles. The molecule has 168 valence electrons. The van der Waals surface area contributed by atoms with Crippen molar-refractivity contribution < 1.29 is 18.7 Å². The topological polar surface area (TPSA) is 48.4 Å². The number of pyridine rings is 1. The number of aryl methyl sites for hydroxylation is 1. The first-order chi connectivity index (χ1) is 15.4. The highest BCUT2D eigenvalue weighted by atomic mass is 19.1. The van der Waals surface area contributed by atoms with Gasteiger partial charge in [0.2, 0.25) is 5.88 Å². The molecule has 32 heavy (non-hydrogen) atoms. The third-order valence-corrected chi connectivity index (χ3v) is 4.87. The smallest absolute Gasteiger partial charge is 0.221 e. The molecule has 0 unspecified atom stereocenters. The Kier molecular flexibility index (Phi) is 8.37.